The van der Waals surface area contributed by atoms with E-state index < -0.39 is 35.1 Å². The second kappa shape index (κ2) is 9.24. The molecule has 0 aromatic carbocycles. The first-order chi connectivity index (χ1) is 11.2. The molecule has 9 nitrogen and oxygen atoms in total. The van der Waals surface area contributed by atoms with Crippen LogP contribution in [0.2, 0.25) is 0 Å². The second-order valence-corrected chi connectivity index (χ2v) is 7.55. The van der Waals surface area contributed by atoms with Crippen molar-refractivity contribution in [1.29, 1.82) is 5.41 Å². The van der Waals surface area contributed by atoms with Crippen LogP contribution in [0.25, 0.3) is 0 Å². The predicted octanol–water partition coefficient (Wildman–Crippen LogP) is 1.05. The lowest BCUT2D eigenvalue weighted by atomic mass is 10.1. The van der Waals surface area contributed by atoms with Gasteiger partial charge in [0.2, 0.25) is 0 Å². The molecule has 0 rings (SSSR count). The van der Waals surface area contributed by atoms with Gasteiger partial charge in [0.25, 0.3) is 5.78 Å². The van der Waals surface area contributed by atoms with Crippen LogP contribution >= 0.6 is 0 Å². The molecule has 0 fully saturated rings. The van der Waals surface area contributed by atoms with Crippen molar-refractivity contribution in [3.63, 3.8) is 0 Å². The lowest BCUT2D eigenvalue weighted by Crippen LogP contribution is -2.47. The Kier molecular flexibility index (Phi) is 8.38. The molecule has 1 atom stereocenters. The third-order valence-electron chi connectivity index (χ3n) is 2.59. The summed E-state index contributed by atoms with van der Waals surface area (Å²) in [7, 11) is 0. The average Bonchev–Trinajstić information content (AvgIpc) is 2.37. The van der Waals surface area contributed by atoms with E-state index in [-0.39, 0.29) is 12.4 Å². The molecule has 0 aromatic rings. The van der Waals surface area contributed by atoms with Crippen molar-refractivity contribution in [2.24, 2.45) is 5.73 Å². The summed E-state index contributed by atoms with van der Waals surface area (Å²) in [5.74, 6) is -2.08. The van der Waals surface area contributed by atoms with Crippen LogP contribution < -0.4 is 16.4 Å². The van der Waals surface area contributed by atoms with Crippen LogP contribution in [0.3, 0.4) is 0 Å². The third kappa shape index (κ3) is 11.8. The molecule has 144 valence electrons. The van der Waals surface area contributed by atoms with Crippen molar-refractivity contribution in [2.45, 2.75) is 71.6 Å². The number of carbonyl (C=O) groups is 3. The van der Waals surface area contributed by atoms with E-state index in [2.05, 4.69) is 10.6 Å². The summed E-state index contributed by atoms with van der Waals surface area (Å²) in [5, 5.41) is 12.1. The molecule has 9 heteroatoms. The number of esters is 1. The van der Waals surface area contributed by atoms with Crippen molar-refractivity contribution in [3.05, 3.63) is 0 Å². The first-order valence-corrected chi connectivity index (χ1v) is 8.06. The number of amides is 1. The number of hydrogen-bond acceptors (Lipinski definition) is 6. The zero-order valence-corrected chi connectivity index (χ0v) is 15.8. The van der Waals surface area contributed by atoms with Crippen molar-refractivity contribution < 1.29 is 23.9 Å². The summed E-state index contributed by atoms with van der Waals surface area (Å²) in [6.07, 6.45) is -0.236. The molecule has 25 heavy (non-hydrogen) atoms. The number of guanidine groups is 1. The van der Waals surface area contributed by atoms with Gasteiger partial charge in [-0.05, 0) is 54.4 Å². The van der Waals surface area contributed by atoms with Gasteiger partial charge < -0.3 is 25.8 Å². The standard InChI is InChI=1S/C16H30N4O5/c1-15(2,3)24-12(22)11(21)10(8-7-9-19-13(17)18)20-14(23)25-16(4,5)6/h10H,7-9H2,1-6H3,(H,20,23)(H4,17,18,19)/t10-/m0/s1. The molecule has 0 spiro atoms. The summed E-state index contributed by atoms with van der Waals surface area (Å²) < 4.78 is 10.2. The van der Waals surface area contributed by atoms with Gasteiger partial charge in [-0.2, -0.15) is 0 Å². The quantitative estimate of drug-likeness (QED) is 0.175. The molecule has 0 saturated heterocycles. The maximum absolute atomic E-state index is 12.3. The highest BCUT2D eigenvalue weighted by Crippen LogP contribution is 2.11. The number of alkyl carbamates (subject to hydrolysis) is 1. The molecule has 5 N–H and O–H groups in total. The van der Waals surface area contributed by atoms with Crippen molar-refractivity contribution in [1.82, 2.24) is 10.6 Å². The Balaban J connectivity index is 4.92. The Morgan fingerprint density at radius 2 is 1.56 bits per heavy atom. The van der Waals surface area contributed by atoms with Crippen LogP contribution in [0.1, 0.15) is 54.4 Å². The Hall–Kier alpha value is -2.32. The van der Waals surface area contributed by atoms with Crippen molar-refractivity contribution in [3.8, 4) is 0 Å². The molecule has 0 radical (unpaired) electrons. The minimum Gasteiger partial charge on any atom is -0.454 e. The van der Waals surface area contributed by atoms with Gasteiger partial charge in [0.05, 0.1) is 0 Å². The van der Waals surface area contributed by atoms with Gasteiger partial charge in [0.1, 0.15) is 17.2 Å². The van der Waals surface area contributed by atoms with E-state index in [1.54, 1.807) is 41.5 Å². The van der Waals surface area contributed by atoms with E-state index in [0.717, 1.165) is 0 Å². The van der Waals surface area contributed by atoms with Gasteiger partial charge in [-0.3, -0.25) is 10.2 Å². The monoisotopic (exact) mass is 358 g/mol. The van der Waals surface area contributed by atoms with E-state index in [4.69, 9.17) is 20.6 Å². The Labute approximate surface area is 148 Å². The van der Waals surface area contributed by atoms with Crippen LogP contribution in [-0.4, -0.2) is 47.6 Å². The number of ketones is 1. The number of ether oxygens (including phenoxy) is 2. The molecule has 0 aliphatic carbocycles. The zero-order chi connectivity index (χ0) is 19.8. The topological polar surface area (TPSA) is 144 Å². The number of hydrogen-bond donors (Lipinski definition) is 4. The predicted molar refractivity (Wildman–Crippen MR) is 93.2 cm³/mol. The normalized spacial score (nSPS) is 12.7. The smallest absolute Gasteiger partial charge is 0.408 e. The molecule has 0 aliphatic heterocycles. The molecule has 0 aromatic heterocycles. The van der Waals surface area contributed by atoms with E-state index in [1.165, 1.54) is 0 Å². The molecular weight excluding hydrogens is 328 g/mol. The number of Topliss-reactive ketones (excluding diaryl/α,β-unsaturated/α-hetero) is 1. The fraction of sp³-hybridized carbons (Fsp3) is 0.750. The van der Waals surface area contributed by atoms with Gasteiger partial charge in [0.15, 0.2) is 5.96 Å². The highest BCUT2D eigenvalue weighted by Gasteiger charge is 2.31. The Morgan fingerprint density at radius 3 is 2.00 bits per heavy atom. The van der Waals surface area contributed by atoms with Crippen LogP contribution in [0.5, 0.6) is 0 Å². The summed E-state index contributed by atoms with van der Waals surface area (Å²) in [4.78, 5) is 36.2. The zero-order valence-electron chi connectivity index (χ0n) is 15.8. The number of nitrogens with one attached hydrogen (secondary N) is 3. The number of nitrogens with two attached hydrogens (primary N) is 1. The van der Waals surface area contributed by atoms with E-state index in [9.17, 15) is 14.4 Å². The van der Waals surface area contributed by atoms with Gasteiger partial charge in [-0.1, -0.05) is 0 Å². The maximum atomic E-state index is 12.3. The van der Waals surface area contributed by atoms with Crippen LogP contribution in [-0.2, 0) is 19.1 Å². The van der Waals surface area contributed by atoms with Gasteiger partial charge >= 0.3 is 12.1 Å². The molecule has 0 bridgehead atoms. The van der Waals surface area contributed by atoms with Crippen LogP contribution in [0.4, 0.5) is 4.79 Å². The molecule has 0 aliphatic rings. The molecule has 0 saturated carbocycles. The summed E-state index contributed by atoms with van der Waals surface area (Å²) in [6, 6.07) is -1.08. The average molecular weight is 358 g/mol. The highest BCUT2D eigenvalue weighted by atomic mass is 16.6. The SMILES string of the molecule is CC(C)(C)OC(=O)N[C@@H](CCCNC(=N)N)C(=O)C(=O)OC(C)(C)C. The highest BCUT2D eigenvalue weighted by molar-refractivity contribution is 6.36. The Bertz CT molecular complexity index is 506. The minimum atomic E-state index is -1.08. The molecule has 1 amide bonds. The molecule has 0 heterocycles. The second-order valence-electron chi connectivity index (χ2n) is 7.55. The summed E-state index contributed by atoms with van der Waals surface area (Å²) >= 11 is 0. The van der Waals surface area contributed by atoms with Gasteiger partial charge in [0, 0.05) is 6.54 Å². The van der Waals surface area contributed by atoms with Crippen molar-refractivity contribution in [2.75, 3.05) is 6.54 Å². The van der Waals surface area contributed by atoms with E-state index >= 15 is 0 Å². The molecular formula is C16H30N4O5. The maximum Gasteiger partial charge on any atom is 0.408 e. The van der Waals surface area contributed by atoms with E-state index in [0.29, 0.717) is 13.0 Å². The fourth-order valence-electron chi connectivity index (χ4n) is 1.72. The van der Waals surface area contributed by atoms with Crippen molar-refractivity contribution >= 4 is 23.8 Å². The third-order valence-corrected chi connectivity index (χ3v) is 2.59. The largest absolute Gasteiger partial charge is 0.454 e. The summed E-state index contributed by atoms with van der Waals surface area (Å²) in [5.41, 5.74) is 3.62. The lowest BCUT2D eigenvalue weighted by Gasteiger charge is -2.24. The fourth-order valence-corrected chi connectivity index (χ4v) is 1.72. The van der Waals surface area contributed by atoms with Crippen LogP contribution in [0, 0.1) is 5.41 Å². The van der Waals surface area contributed by atoms with E-state index in [1.807, 2.05) is 0 Å². The molecule has 0 unspecified atom stereocenters. The van der Waals surface area contributed by atoms with Crippen LogP contribution in [0.15, 0.2) is 0 Å². The number of rotatable bonds is 7. The number of carbonyl (C=O) groups excluding carboxylic acids is 3. The first-order valence-electron chi connectivity index (χ1n) is 8.06. The first kappa shape index (κ1) is 22.7. The Morgan fingerprint density at radius 1 is 1.04 bits per heavy atom. The summed E-state index contributed by atoms with van der Waals surface area (Å²) in [6.45, 7) is 10.3. The van der Waals surface area contributed by atoms with Gasteiger partial charge in [-0.25, -0.2) is 9.59 Å². The lowest BCUT2D eigenvalue weighted by molar-refractivity contribution is -0.163. The minimum absolute atomic E-state index is 0.164. The van der Waals surface area contributed by atoms with Gasteiger partial charge in [-0.15, -0.1) is 0 Å².